The van der Waals surface area contributed by atoms with Crippen molar-refractivity contribution >= 4 is 16.8 Å². The molecule has 1 amide bonds. The fraction of sp³-hybridized carbons (Fsp3) is 0.500. The summed E-state index contributed by atoms with van der Waals surface area (Å²) >= 11 is 0. The second kappa shape index (κ2) is 8.16. The molecule has 0 spiro atoms. The van der Waals surface area contributed by atoms with Crippen LogP contribution in [0.2, 0.25) is 0 Å². The summed E-state index contributed by atoms with van der Waals surface area (Å²) in [7, 11) is 0. The predicted molar refractivity (Wildman–Crippen MR) is 122 cm³/mol. The van der Waals surface area contributed by atoms with Crippen molar-refractivity contribution in [2.45, 2.75) is 58.2 Å². The number of carbonyl (C=O) groups is 1. The van der Waals surface area contributed by atoms with Crippen molar-refractivity contribution in [1.29, 1.82) is 0 Å². The van der Waals surface area contributed by atoms with Crippen LogP contribution in [0.15, 0.2) is 43.0 Å². The zero-order chi connectivity index (χ0) is 20.7. The standard InChI is InChI=1S/C26H33N3O/c1-3-13-29-24-9-8-20(26(30)27-14-10-19(2)11-15-27)17-22(24)23-18-28(16-12-25(23)29)21-6-4-5-7-21/h3-5,8-9,17,19,21H,1,6-7,10-16,18H2,2H3/p+1. The summed E-state index contributed by atoms with van der Waals surface area (Å²) < 4.78 is 2.42. The maximum atomic E-state index is 13.2. The molecule has 4 nitrogen and oxygen atoms in total. The highest BCUT2D eigenvalue weighted by atomic mass is 16.2. The van der Waals surface area contributed by atoms with Gasteiger partial charge in [-0.1, -0.05) is 25.2 Å². The zero-order valence-electron chi connectivity index (χ0n) is 18.2. The Morgan fingerprint density at radius 3 is 2.73 bits per heavy atom. The van der Waals surface area contributed by atoms with E-state index in [0.717, 1.165) is 68.4 Å². The van der Waals surface area contributed by atoms with E-state index in [-0.39, 0.29) is 5.91 Å². The maximum absolute atomic E-state index is 13.2. The summed E-state index contributed by atoms with van der Waals surface area (Å²) in [5.74, 6) is 1.03. The highest BCUT2D eigenvalue weighted by molar-refractivity contribution is 5.95. The molecule has 1 saturated heterocycles. The van der Waals surface area contributed by atoms with Gasteiger partial charge in [0, 0.05) is 48.7 Å². The van der Waals surface area contributed by atoms with E-state index in [1.54, 1.807) is 0 Å². The van der Waals surface area contributed by atoms with Crippen LogP contribution in [0.3, 0.4) is 0 Å². The normalized spacial score (nSPS) is 25.0. The molecule has 2 aliphatic heterocycles. The number of nitrogens with zero attached hydrogens (tertiary/aromatic N) is 2. The van der Waals surface area contributed by atoms with Crippen LogP contribution in [0.5, 0.6) is 0 Å². The lowest BCUT2D eigenvalue weighted by Gasteiger charge is -2.33. The Labute approximate surface area is 179 Å². The average molecular weight is 405 g/mol. The van der Waals surface area contributed by atoms with E-state index >= 15 is 0 Å². The number of allylic oxidation sites excluding steroid dienone is 1. The SMILES string of the molecule is C=CCn1c2c(c3cc(C(=O)[NH+]4CCC(C)CC4)ccc31)CN(C1CC=CC1)CC2. The lowest BCUT2D eigenvalue weighted by atomic mass is 9.98. The van der Waals surface area contributed by atoms with Crippen molar-refractivity contribution in [3.05, 3.63) is 59.8 Å². The highest BCUT2D eigenvalue weighted by Gasteiger charge is 2.30. The van der Waals surface area contributed by atoms with E-state index in [2.05, 4.69) is 53.3 Å². The van der Waals surface area contributed by atoms with Gasteiger partial charge in [-0.3, -0.25) is 9.80 Å². The first-order valence-corrected chi connectivity index (χ1v) is 11.7. The number of likely N-dealkylation sites (tertiary alicyclic amines) is 1. The smallest absolute Gasteiger partial charge is 0.340 e. The Kier molecular flexibility index (Phi) is 5.38. The molecule has 0 saturated carbocycles. The molecule has 3 heterocycles. The van der Waals surface area contributed by atoms with Gasteiger partial charge < -0.3 is 4.57 Å². The van der Waals surface area contributed by atoms with Crippen LogP contribution in [0.25, 0.3) is 10.9 Å². The first kappa shape index (κ1) is 19.8. The van der Waals surface area contributed by atoms with Gasteiger partial charge in [-0.05, 0) is 55.4 Å². The van der Waals surface area contributed by atoms with Gasteiger partial charge in [-0.2, -0.15) is 0 Å². The summed E-state index contributed by atoms with van der Waals surface area (Å²) in [6, 6.07) is 7.06. The number of rotatable bonds is 4. The van der Waals surface area contributed by atoms with Crippen molar-refractivity contribution in [2.24, 2.45) is 5.92 Å². The molecule has 5 rings (SSSR count). The van der Waals surface area contributed by atoms with Crippen LogP contribution in [-0.4, -0.2) is 41.1 Å². The third-order valence-corrected chi connectivity index (χ3v) is 7.56. The Hall–Kier alpha value is -2.17. The molecule has 1 aliphatic carbocycles. The predicted octanol–water partition coefficient (Wildman–Crippen LogP) is 3.36. The molecular formula is C26H34N3O+. The number of benzene rings is 1. The summed E-state index contributed by atoms with van der Waals surface area (Å²) in [5, 5.41) is 1.28. The van der Waals surface area contributed by atoms with Gasteiger partial charge in [-0.15, -0.1) is 6.58 Å². The van der Waals surface area contributed by atoms with Crippen molar-refractivity contribution in [2.75, 3.05) is 19.6 Å². The van der Waals surface area contributed by atoms with E-state index in [4.69, 9.17) is 0 Å². The molecule has 2 aromatic rings. The van der Waals surface area contributed by atoms with Gasteiger partial charge in [0.2, 0.25) is 0 Å². The maximum Gasteiger partial charge on any atom is 0.344 e. The lowest BCUT2D eigenvalue weighted by Crippen LogP contribution is -3.15. The molecule has 0 radical (unpaired) electrons. The fourth-order valence-electron chi connectivity index (χ4n) is 5.70. The number of fused-ring (bicyclic) bond motifs is 3. The minimum atomic E-state index is 0.279. The van der Waals surface area contributed by atoms with Crippen molar-refractivity contribution in [1.82, 2.24) is 9.47 Å². The van der Waals surface area contributed by atoms with Gasteiger partial charge >= 0.3 is 5.91 Å². The molecule has 3 aliphatic rings. The molecule has 0 atom stereocenters. The van der Waals surface area contributed by atoms with Crippen molar-refractivity contribution in [3.8, 4) is 0 Å². The second-order valence-corrected chi connectivity index (χ2v) is 9.49. The number of hydrogen-bond acceptors (Lipinski definition) is 2. The first-order valence-electron chi connectivity index (χ1n) is 11.7. The molecule has 30 heavy (non-hydrogen) atoms. The van der Waals surface area contributed by atoms with E-state index < -0.39 is 0 Å². The molecule has 4 heteroatoms. The van der Waals surface area contributed by atoms with E-state index in [9.17, 15) is 4.79 Å². The van der Waals surface area contributed by atoms with E-state index in [1.807, 2.05) is 6.08 Å². The van der Waals surface area contributed by atoms with Crippen LogP contribution in [0.1, 0.15) is 54.2 Å². The molecular weight excluding hydrogens is 370 g/mol. The minimum Gasteiger partial charge on any atom is -0.340 e. The lowest BCUT2D eigenvalue weighted by molar-refractivity contribution is -0.821. The molecule has 0 bridgehead atoms. The number of piperidine rings is 1. The zero-order valence-corrected chi connectivity index (χ0v) is 18.2. The number of amides is 1. The largest absolute Gasteiger partial charge is 0.344 e. The number of aromatic nitrogens is 1. The summed E-state index contributed by atoms with van der Waals surface area (Å²) in [4.78, 5) is 17.0. The minimum absolute atomic E-state index is 0.279. The van der Waals surface area contributed by atoms with E-state index in [0.29, 0.717) is 6.04 Å². The number of hydrogen-bond donors (Lipinski definition) is 1. The van der Waals surface area contributed by atoms with Crippen molar-refractivity contribution < 1.29 is 9.69 Å². The van der Waals surface area contributed by atoms with Crippen LogP contribution >= 0.6 is 0 Å². The summed E-state index contributed by atoms with van der Waals surface area (Å²) in [6.45, 7) is 11.2. The van der Waals surface area contributed by atoms with Crippen LogP contribution in [0.4, 0.5) is 0 Å². The van der Waals surface area contributed by atoms with Gasteiger partial charge in [0.15, 0.2) is 0 Å². The number of carbonyl (C=O) groups excluding carboxylic acids is 1. The monoisotopic (exact) mass is 404 g/mol. The molecule has 1 N–H and O–H groups in total. The van der Waals surface area contributed by atoms with Crippen LogP contribution < -0.4 is 4.90 Å². The molecule has 1 aromatic heterocycles. The Morgan fingerprint density at radius 2 is 2.00 bits per heavy atom. The Morgan fingerprint density at radius 1 is 1.23 bits per heavy atom. The molecule has 0 unspecified atom stereocenters. The Bertz CT molecular complexity index is 985. The quantitative estimate of drug-likeness (QED) is 0.792. The topological polar surface area (TPSA) is 29.7 Å². The van der Waals surface area contributed by atoms with Gasteiger partial charge in [0.05, 0.1) is 18.7 Å². The van der Waals surface area contributed by atoms with Gasteiger partial charge in [-0.25, -0.2) is 4.79 Å². The van der Waals surface area contributed by atoms with Crippen LogP contribution in [-0.2, 0) is 19.5 Å². The molecule has 1 fully saturated rings. The third-order valence-electron chi connectivity index (χ3n) is 7.56. The average Bonchev–Trinajstić information content (AvgIpc) is 3.41. The molecule has 1 aromatic carbocycles. The summed E-state index contributed by atoms with van der Waals surface area (Å²) in [6.07, 6.45) is 12.3. The number of nitrogens with one attached hydrogen (secondary N) is 1. The van der Waals surface area contributed by atoms with Crippen LogP contribution in [0, 0.1) is 5.92 Å². The second-order valence-electron chi connectivity index (χ2n) is 9.49. The van der Waals surface area contributed by atoms with Gasteiger partial charge in [0.25, 0.3) is 0 Å². The number of quaternary nitrogens is 1. The fourth-order valence-corrected chi connectivity index (χ4v) is 5.70. The van der Waals surface area contributed by atoms with Gasteiger partial charge in [0.1, 0.15) is 0 Å². The van der Waals surface area contributed by atoms with Crippen molar-refractivity contribution in [3.63, 3.8) is 0 Å². The summed E-state index contributed by atoms with van der Waals surface area (Å²) in [5.41, 5.74) is 5.01. The third kappa shape index (κ3) is 3.46. The molecule has 158 valence electrons. The highest BCUT2D eigenvalue weighted by Crippen LogP contribution is 2.34. The first-order chi connectivity index (χ1) is 14.7. The van der Waals surface area contributed by atoms with E-state index in [1.165, 1.54) is 35.0 Å². The Balaban J connectivity index is 1.50.